The van der Waals surface area contributed by atoms with Crippen molar-refractivity contribution in [3.8, 4) is 0 Å². The van der Waals surface area contributed by atoms with Crippen LogP contribution in [0.2, 0.25) is 0 Å². The molecule has 0 bridgehead atoms. The van der Waals surface area contributed by atoms with E-state index in [-0.39, 0.29) is 5.54 Å². The van der Waals surface area contributed by atoms with Gasteiger partial charge in [0.25, 0.3) is 0 Å². The lowest BCUT2D eigenvalue weighted by molar-refractivity contribution is 0.476. The first-order valence-corrected chi connectivity index (χ1v) is 6.21. The molecule has 1 rings (SSSR count). The number of nitrogens with one attached hydrogen (secondary N) is 1. The third-order valence-corrected chi connectivity index (χ3v) is 3.85. The molecular formula is C12H19BrN2. The normalized spacial score (nSPS) is 11.5. The molecule has 15 heavy (non-hydrogen) atoms. The highest BCUT2D eigenvalue weighted by atomic mass is 79.9. The van der Waals surface area contributed by atoms with E-state index < -0.39 is 0 Å². The Kier molecular flexibility index (Phi) is 4.14. The second-order valence-corrected chi connectivity index (χ2v) is 5.01. The molecule has 0 saturated carbocycles. The second kappa shape index (κ2) is 4.97. The summed E-state index contributed by atoms with van der Waals surface area (Å²) in [5.41, 5.74) is 1.17. The van der Waals surface area contributed by atoms with Crippen molar-refractivity contribution in [2.75, 3.05) is 5.32 Å². The van der Waals surface area contributed by atoms with Gasteiger partial charge in [-0.25, -0.2) is 4.98 Å². The van der Waals surface area contributed by atoms with Gasteiger partial charge in [-0.2, -0.15) is 0 Å². The molecule has 1 heterocycles. The topological polar surface area (TPSA) is 24.9 Å². The molecule has 0 fully saturated rings. The smallest absolute Gasteiger partial charge is 0.126 e. The summed E-state index contributed by atoms with van der Waals surface area (Å²) in [5, 5.41) is 3.49. The average molecular weight is 271 g/mol. The fourth-order valence-corrected chi connectivity index (χ4v) is 1.57. The summed E-state index contributed by atoms with van der Waals surface area (Å²) in [6.45, 7) is 8.63. The minimum atomic E-state index is 0.146. The summed E-state index contributed by atoms with van der Waals surface area (Å²) in [4.78, 5) is 4.50. The number of aromatic nitrogens is 1. The lowest BCUT2D eigenvalue weighted by Gasteiger charge is -2.29. The van der Waals surface area contributed by atoms with Crippen molar-refractivity contribution in [2.45, 2.75) is 46.1 Å². The molecule has 1 N–H and O–H groups in total. The average Bonchev–Trinajstić information content (AvgIpc) is 2.23. The lowest BCUT2D eigenvalue weighted by Crippen LogP contribution is -2.33. The van der Waals surface area contributed by atoms with Crippen LogP contribution < -0.4 is 5.32 Å². The number of anilines is 1. The van der Waals surface area contributed by atoms with Gasteiger partial charge < -0.3 is 5.32 Å². The Hall–Kier alpha value is -0.570. The van der Waals surface area contributed by atoms with E-state index in [4.69, 9.17) is 0 Å². The van der Waals surface area contributed by atoms with Crippen LogP contribution in [0.25, 0.3) is 0 Å². The number of hydrogen-bond acceptors (Lipinski definition) is 2. The minimum absolute atomic E-state index is 0.146. The van der Waals surface area contributed by atoms with Crippen molar-refractivity contribution in [1.82, 2.24) is 4.98 Å². The Bertz CT molecular complexity index is 332. The van der Waals surface area contributed by atoms with Crippen LogP contribution in [0.5, 0.6) is 0 Å². The molecule has 2 nitrogen and oxygen atoms in total. The van der Waals surface area contributed by atoms with E-state index in [0.29, 0.717) is 0 Å². The predicted molar refractivity (Wildman–Crippen MR) is 69.3 cm³/mol. The molecule has 3 heteroatoms. The van der Waals surface area contributed by atoms with Gasteiger partial charge in [0, 0.05) is 10.0 Å². The van der Waals surface area contributed by atoms with Crippen LogP contribution in [-0.4, -0.2) is 10.5 Å². The molecule has 0 aliphatic heterocycles. The van der Waals surface area contributed by atoms with Gasteiger partial charge >= 0.3 is 0 Å². The standard InChI is InChI=1S/C12H19BrN2/c1-5-12(4,6-2)15-11-8-7-10(13)9(3)14-11/h7-8H,5-6H2,1-4H3,(H,14,15). The van der Waals surface area contributed by atoms with Gasteiger partial charge in [0.1, 0.15) is 5.82 Å². The maximum Gasteiger partial charge on any atom is 0.126 e. The maximum atomic E-state index is 4.50. The van der Waals surface area contributed by atoms with E-state index in [1.807, 2.05) is 19.1 Å². The second-order valence-electron chi connectivity index (χ2n) is 4.16. The molecule has 0 aliphatic rings. The largest absolute Gasteiger partial charge is 0.365 e. The van der Waals surface area contributed by atoms with E-state index in [1.165, 1.54) is 0 Å². The molecule has 0 spiro atoms. The Morgan fingerprint density at radius 3 is 2.40 bits per heavy atom. The summed E-state index contributed by atoms with van der Waals surface area (Å²) >= 11 is 3.45. The zero-order valence-corrected chi connectivity index (χ0v) is 11.5. The van der Waals surface area contributed by atoms with Crippen LogP contribution in [-0.2, 0) is 0 Å². The van der Waals surface area contributed by atoms with Crippen molar-refractivity contribution in [2.24, 2.45) is 0 Å². The first-order valence-electron chi connectivity index (χ1n) is 5.42. The molecule has 0 aromatic carbocycles. The summed E-state index contributed by atoms with van der Waals surface area (Å²) in [7, 11) is 0. The molecule has 0 atom stereocenters. The third kappa shape index (κ3) is 3.20. The lowest BCUT2D eigenvalue weighted by atomic mass is 9.96. The molecular weight excluding hydrogens is 252 g/mol. The van der Waals surface area contributed by atoms with E-state index in [2.05, 4.69) is 47.0 Å². The number of pyridine rings is 1. The first kappa shape index (κ1) is 12.5. The van der Waals surface area contributed by atoms with Crippen molar-refractivity contribution in [1.29, 1.82) is 0 Å². The summed E-state index contributed by atoms with van der Waals surface area (Å²) < 4.78 is 1.06. The number of hydrogen-bond donors (Lipinski definition) is 1. The number of rotatable bonds is 4. The fraction of sp³-hybridized carbons (Fsp3) is 0.583. The molecule has 0 aliphatic carbocycles. The van der Waals surface area contributed by atoms with Gasteiger partial charge in [0.2, 0.25) is 0 Å². The zero-order valence-electron chi connectivity index (χ0n) is 9.89. The molecule has 0 saturated heterocycles. The Balaban J connectivity index is 2.85. The highest BCUT2D eigenvalue weighted by molar-refractivity contribution is 9.10. The summed E-state index contributed by atoms with van der Waals surface area (Å²) in [5.74, 6) is 0.960. The third-order valence-electron chi connectivity index (χ3n) is 3.01. The van der Waals surface area contributed by atoms with Crippen molar-refractivity contribution < 1.29 is 0 Å². The quantitative estimate of drug-likeness (QED) is 0.890. The highest BCUT2D eigenvalue weighted by Crippen LogP contribution is 2.22. The van der Waals surface area contributed by atoms with Gasteiger partial charge in [-0.3, -0.25) is 0 Å². The van der Waals surface area contributed by atoms with E-state index in [9.17, 15) is 0 Å². The summed E-state index contributed by atoms with van der Waals surface area (Å²) in [6, 6.07) is 4.05. The molecule has 0 unspecified atom stereocenters. The Morgan fingerprint density at radius 2 is 1.93 bits per heavy atom. The van der Waals surface area contributed by atoms with Gasteiger partial charge in [-0.05, 0) is 54.8 Å². The SMILES string of the molecule is CCC(C)(CC)Nc1ccc(Br)c(C)n1. The van der Waals surface area contributed by atoms with E-state index in [1.54, 1.807) is 0 Å². The van der Waals surface area contributed by atoms with Crippen LogP contribution in [0.4, 0.5) is 5.82 Å². The fourth-order valence-electron chi connectivity index (χ4n) is 1.35. The molecule has 0 amide bonds. The predicted octanol–water partition coefficient (Wildman–Crippen LogP) is 4.14. The van der Waals surface area contributed by atoms with Crippen molar-refractivity contribution in [3.05, 3.63) is 22.3 Å². The van der Waals surface area contributed by atoms with Gasteiger partial charge in [0.05, 0.1) is 5.69 Å². The molecule has 1 aromatic heterocycles. The maximum absolute atomic E-state index is 4.50. The van der Waals surface area contributed by atoms with Crippen LogP contribution in [0.3, 0.4) is 0 Å². The first-order chi connectivity index (χ1) is 7.00. The zero-order chi connectivity index (χ0) is 11.5. The molecule has 84 valence electrons. The van der Waals surface area contributed by atoms with Gasteiger partial charge in [-0.1, -0.05) is 13.8 Å². The number of aryl methyl sites for hydroxylation is 1. The Labute approximate surface area is 101 Å². The molecule has 0 radical (unpaired) electrons. The monoisotopic (exact) mass is 270 g/mol. The molecule has 1 aromatic rings. The minimum Gasteiger partial charge on any atom is -0.365 e. The van der Waals surface area contributed by atoms with Crippen LogP contribution in [0.1, 0.15) is 39.3 Å². The van der Waals surface area contributed by atoms with Gasteiger partial charge in [-0.15, -0.1) is 0 Å². The van der Waals surface area contributed by atoms with Crippen LogP contribution in [0, 0.1) is 6.92 Å². The number of halogens is 1. The number of nitrogens with zero attached hydrogens (tertiary/aromatic N) is 1. The summed E-state index contributed by atoms with van der Waals surface area (Å²) in [6.07, 6.45) is 2.20. The van der Waals surface area contributed by atoms with E-state index >= 15 is 0 Å². The van der Waals surface area contributed by atoms with Gasteiger partial charge in [0.15, 0.2) is 0 Å². The van der Waals surface area contributed by atoms with E-state index in [0.717, 1.165) is 28.8 Å². The van der Waals surface area contributed by atoms with Crippen molar-refractivity contribution in [3.63, 3.8) is 0 Å². The highest BCUT2D eigenvalue weighted by Gasteiger charge is 2.19. The Morgan fingerprint density at radius 1 is 1.33 bits per heavy atom. The van der Waals surface area contributed by atoms with Crippen LogP contribution >= 0.6 is 15.9 Å². The van der Waals surface area contributed by atoms with Crippen LogP contribution in [0.15, 0.2) is 16.6 Å². The van der Waals surface area contributed by atoms with Crippen molar-refractivity contribution >= 4 is 21.7 Å².